The van der Waals surface area contributed by atoms with E-state index in [1.807, 2.05) is 12.1 Å². The highest BCUT2D eigenvalue weighted by Gasteiger charge is 2.56. The van der Waals surface area contributed by atoms with Crippen molar-refractivity contribution in [2.24, 2.45) is 11.8 Å². The fourth-order valence-corrected chi connectivity index (χ4v) is 4.47. The minimum atomic E-state index is -1.27. The maximum Gasteiger partial charge on any atom is 0.259 e. The van der Waals surface area contributed by atoms with Gasteiger partial charge in [0, 0.05) is 5.92 Å². The van der Waals surface area contributed by atoms with Crippen LogP contribution >= 0.6 is 0 Å². The van der Waals surface area contributed by atoms with Gasteiger partial charge in [-0.15, -0.1) is 0 Å². The Kier molecular flexibility index (Phi) is 5.10. The average Bonchev–Trinajstić information content (AvgIpc) is 3.32. The lowest BCUT2D eigenvalue weighted by molar-refractivity contribution is -0.132. The van der Waals surface area contributed by atoms with E-state index >= 15 is 0 Å². The average molecular weight is 440 g/mol. The number of amides is 4. The second kappa shape index (κ2) is 8.23. The molecule has 4 amide bonds. The Balaban J connectivity index is 1.67. The molecule has 2 heterocycles. The van der Waals surface area contributed by atoms with Crippen LogP contribution in [0.25, 0.3) is 0 Å². The van der Waals surface area contributed by atoms with E-state index < -0.39 is 41.4 Å². The van der Waals surface area contributed by atoms with Crippen LogP contribution < -0.4 is 20.9 Å². The number of rotatable bonds is 5. The van der Waals surface area contributed by atoms with E-state index in [1.54, 1.807) is 78.9 Å². The van der Waals surface area contributed by atoms with Crippen LogP contribution in [-0.4, -0.2) is 23.6 Å². The van der Waals surface area contributed by atoms with E-state index in [1.165, 1.54) is 10.0 Å². The predicted octanol–water partition coefficient (Wildman–Crippen LogP) is 2.16. The van der Waals surface area contributed by atoms with Crippen LogP contribution in [0.2, 0.25) is 0 Å². The minimum absolute atomic E-state index is 0.503. The van der Waals surface area contributed by atoms with E-state index in [4.69, 9.17) is 0 Å². The maximum absolute atomic E-state index is 13.9. The Morgan fingerprint density at radius 1 is 0.545 bits per heavy atom. The van der Waals surface area contributed by atoms with Crippen molar-refractivity contribution in [3.8, 4) is 0 Å². The van der Waals surface area contributed by atoms with Gasteiger partial charge in [-0.2, -0.15) is 0 Å². The molecule has 2 fully saturated rings. The first-order chi connectivity index (χ1) is 16.1. The molecular weight excluding hydrogens is 420 g/mol. The second-order valence-electron chi connectivity index (χ2n) is 7.84. The summed E-state index contributed by atoms with van der Waals surface area (Å²) in [5.41, 5.74) is 6.22. The molecule has 3 aromatic carbocycles. The molecule has 2 aliphatic heterocycles. The molecule has 0 aromatic heterocycles. The number of para-hydroxylation sites is 2. The van der Waals surface area contributed by atoms with Gasteiger partial charge in [0.05, 0.1) is 11.4 Å². The van der Waals surface area contributed by atoms with Crippen LogP contribution in [-0.2, 0) is 19.2 Å². The summed E-state index contributed by atoms with van der Waals surface area (Å²) in [6.45, 7) is 0. The highest BCUT2D eigenvalue weighted by molar-refractivity contribution is 6.24. The minimum Gasteiger partial charge on any atom is -0.272 e. The molecule has 2 N–H and O–H groups in total. The number of carbonyl (C=O) groups excluding carboxylic acids is 4. The number of nitrogens with zero attached hydrogens (tertiary/aromatic N) is 2. The topological polar surface area (TPSA) is 98.8 Å². The summed E-state index contributed by atoms with van der Waals surface area (Å²) in [5.74, 6) is -5.62. The SMILES string of the molecule is O=C1NNC(=O)C1C(c1ccccc1)C1C(=O)N(c2ccccc2)N(c2ccccc2)C1=O. The third-order valence-corrected chi connectivity index (χ3v) is 5.93. The molecule has 8 heteroatoms. The van der Waals surface area contributed by atoms with Crippen molar-refractivity contribution < 1.29 is 19.2 Å². The highest BCUT2D eigenvalue weighted by Crippen LogP contribution is 2.42. The fourth-order valence-electron chi connectivity index (χ4n) is 4.47. The van der Waals surface area contributed by atoms with Crippen molar-refractivity contribution in [2.75, 3.05) is 10.0 Å². The molecule has 33 heavy (non-hydrogen) atoms. The lowest BCUT2D eigenvalue weighted by Gasteiger charge is -2.27. The number of benzene rings is 3. The molecule has 5 rings (SSSR count). The van der Waals surface area contributed by atoms with Crippen molar-refractivity contribution in [2.45, 2.75) is 5.92 Å². The number of nitrogens with one attached hydrogen (secondary N) is 2. The molecule has 0 bridgehead atoms. The van der Waals surface area contributed by atoms with Gasteiger partial charge in [-0.1, -0.05) is 66.7 Å². The number of hydrogen-bond donors (Lipinski definition) is 2. The standard InChI is InChI=1S/C25H20N4O4/c30-22-20(23(31)27-26-22)19(16-10-4-1-5-11-16)21-24(32)28(17-12-6-2-7-13-17)29(25(21)33)18-14-8-3-9-15-18/h1-15,19-21H,(H,26,30)(H,27,31). The molecule has 2 saturated heterocycles. The number of hydrazine groups is 2. The monoisotopic (exact) mass is 440 g/mol. The summed E-state index contributed by atoms with van der Waals surface area (Å²) < 4.78 is 0. The smallest absolute Gasteiger partial charge is 0.259 e. The van der Waals surface area contributed by atoms with E-state index in [0.29, 0.717) is 16.9 Å². The van der Waals surface area contributed by atoms with Gasteiger partial charge in [0.25, 0.3) is 23.6 Å². The van der Waals surface area contributed by atoms with Gasteiger partial charge in [0.15, 0.2) is 0 Å². The van der Waals surface area contributed by atoms with Crippen molar-refractivity contribution >= 4 is 35.0 Å². The normalized spacial score (nSPS) is 17.9. The highest BCUT2D eigenvalue weighted by atomic mass is 16.2. The lowest BCUT2D eigenvalue weighted by atomic mass is 9.75. The molecule has 1 unspecified atom stereocenters. The number of anilines is 2. The molecule has 164 valence electrons. The number of hydrogen-bond acceptors (Lipinski definition) is 4. The van der Waals surface area contributed by atoms with Crippen molar-refractivity contribution in [3.05, 3.63) is 96.6 Å². The van der Waals surface area contributed by atoms with Crippen molar-refractivity contribution in [3.63, 3.8) is 0 Å². The van der Waals surface area contributed by atoms with E-state index in [9.17, 15) is 19.2 Å². The van der Waals surface area contributed by atoms with Gasteiger partial charge in [0.2, 0.25) is 0 Å². The van der Waals surface area contributed by atoms with Gasteiger partial charge in [0.1, 0.15) is 11.8 Å². The third-order valence-electron chi connectivity index (χ3n) is 5.93. The van der Waals surface area contributed by atoms with Gasteiger partial charge in [-0.05, 0) is 29.8 Å². The van der Waals surface area contributed by atoms with Gasteiger partial charge in [-0.3, -0.25) is 30.0 Å². The van der Waals surface area contributed by atoms with Crippen LogP contribution in [0.1, 0.15) is 11.5 Å². The van der Waals surface area contributed by atoms with Crippen LogP contribution in [0.5, 0.6) is 0 Å². The van der Waals surface area contributed by atoms with E-state index in [0.717, 1.165) is 0 Å². The lowest BCUT2D eigenvalue weighted by Crippen LogP contribution is -2.41. The van der Waals surface area contributed by atoms with Crippen LogP contribution in [0.15, 0.2) is 91.0 Å². The largest absolute Gasteiger partial charge is 0.272 e. The molecule has 0 saturated carbocycles. The summed E-state index contributed by atoms with van der Waals surface area (Å²) >= 11 is 0. The zero-order valence-corrected chi connectivity index (χ0v) is 17.4. The molecule has 3 aromatic rings. The summed E-state index contributed by atoms with van der Waals surface area (Å²) in [5, 5.41) is 2.64. The van der Waals surface area contributed by atoms with Crippen LogP contribution in [0, 0.1) is 11.8 Å². The van der Waals surface area contributed by atoms with Gasteiger partial charge >= 0.3 is 0 Å². The van der Waals surface area contributed by atoms with E-state index in [-0.39, 0.29) is 0 Å². The quantitative estimate of drug-likeness (QED) is 0.594. The molecule has 8 nitrogen and oxygen atoms in total. The zero-order chi connectivity index (χ0) is 22.9. The Labute approximate surface area is 189 Å². The van der Waals surface area contributed by atoms with Gasteiger partial charge in [-0.25, -0.2) is 10.0 Å². The summed E-state index contributed by atoms with van der Waals surface area (Å²) in [6.07, 6.45) is 0. The molecule has 1 atom stereocenters. The van der Waals surface area contributed by atoms with E-state index in [2.05, 4.69) is 10.9 Å². The molecule has 2 aliphatic rings. The first kappa shape index (κ1) is 20.4. The van der Waals surface area contributed by atoms with Crippen molar-refractivity contribution in [1.29, 1.82) is 0 Å². The summed E-state index contributed by atoms with van der Waals surface area (Å²) in [7, 11) is 0. The Bertz CT molecular complexity index is 1140. The molecule has 0 spiro atoms. The number of carbonyl (C=O) groups is 4. The fraction of sp³-hybridized carbons (Fsp3) is 0.120. The summed E-state index contributed by atoms with van der Waals surface area (Å²) in [4.78, 5) is 53.0. The van der Waals surface area contributed by atoms with Crippen LogP contribution in [0.4, 0.5) is 11.4 Å². The third kappa shape index (κ3) is 3.41. The molecule has 0 radical (unpaired) electrons. The zero-order valence-electron chi connectivity index (χ0n) is 17.4. The first-order valence-corrected chi connectivity index (χ1v) is 10.5. The second-order valence-corrected chi connectivity index (χ2v) is 7.84. The molecule has 0 aliphatic carbocycles. The maximum atomic E-state index is 13.9. The Morgan fingerprint density at radius 2 is 0.939 bits per heavy atom. The predicted molar refractivity (Wildman–Crippen MR) is 120 cm³/mol. The van der Waals surface area contributed by atoms with Crippen molar-refractivity contribution in [1.82, 2.24) is 10.9 Å². The van der Waals surface area contributed by atoms with Crippen LogP contribution in [0.3, 0.4) is 0 Å². The molecular formula is C25H20N4O4. The Hall–Kier alpha value is -4.46. The first-order valence-electron chi connectivity index (χ1n) is 10.5. The van der Waals surface area contributed by atoms with Gasteiger partial charge < -0.3 is 0 Å². The Morgan fingerprint density at radius 3 is 1.36 bits per heavy atom. The summed E-state index contributed by atoms with van der Waals surface area (Å²) in [6, 6.07) is 26.4.